The Hall–Kier alpha value is -2.67. The van der Waals surface area contributed by atoms with E-state index in [9.17, 15) is 8.78 Å². The van der Waals surface area contributed by atoms with E-state index in [1.54, 1.807) is 13.1 Å². The van der Waals surface area contributed by atoms with Crippen LogP contribution in [-0.2, 0) is 17.7 Å². The van der Waals surface area contributed by atoms with Crippen molar-refractivity contribution in [1.82, 2.24) is 10.6 Å². The fraction of sp³-hybridized carbons (Fsp3) is 0.435. The lowest BCUT2D eigenvalue weighted by Crippen LogP contribution is -2.38. The number of benzene rings is 2. The van der Waals surface area contributed by atoms with Gasteiger partial charge in [-0.3, -0.25) is 4.99 Å². The van der Waals surface area contributed by atoms with Crippen molar-refractivity contribution < 1.29 is 18.3 Å². The van der Waals surface area contributed by atoms with E-state index in [4.69, 9.17) is 9.47 Å². The largest absolute Gasteiger partial charge is 0.493 e. The Morgan fingerprint density at radius 1 is 1.20 bits per heavy atom. The second-order valence-corrected chi connectivity index (χ2v) is 7.47. The zero-order valence-electron chi connectivity index (χ0n) is 17.5. The van der Waals surface area contributed by atoms with E-state index in [-0.39, 0.29) is 0 Å². The van der Waals surface area contributed by atoms with Gasteiger partial charge in [0.1, 0.15) is 5.75 Å². The van der Waals surface area contributed by atoms with Crippen molar-refractivity contribution in [3.8, 4) is 5.75 Å². The van der Waals surface area contributed by atoms with Gasteiger partial charge in [-0.2, -0.15) is 0 Å². The molecule has 3 rings (SSSR count). The molecule has 0 aliphatic carbocycles. The summed E-state index contributed by atoms with van der Waals surface area (Å²) in [5.41, 5.74) is 2.50. The van der Waals surface area contributed by atoms with Gasteiger partial charge in [-0.15, -0.1) is 0 Å². The number of hydrogen-bond donors (Lipinski definition) is 2. The minimum atomic E-state index is -0.828. The van der Waals surface area contributed by atoms with E-state index in [1.165, 1.54) is 6.07 Å². The Morgan fingerprint density at radius 3 is 2.83 bits per heavy atom. The number of rotatable bonds is 8. The number of nitrogens with zero attached hydrogens (tertiary/aromatic N) is 1. The van der Waals surface area contributed by atoms with E-state index in [0.717, 1.165) is 42.6 Å². The Bertz CT molecular complexity index is 868. The Kier molecular flexibility index (Phi) is 8.02. The summed E-state index contributed by atoms with van der Waals surface area (Å²) < 4.78 is 38.6. The first kappa shape index (κ1) is 22.0. The van der Waals surface area contributed by atoms with Crippen molar-refractivity contribution in [2.75, 3.05) is 33.4 Å². The van der Waals surface area contributed by atoms with Gasteiger partial charge in [0.05, 0.1) is 13.2 Å². The van der Waals surface area contributed by atoms with Gasteiger partial charge in [0.15, 0.2) is 17.6 Å². The molecule has 0 aromatic heterocycles. The Balaban J connectivity index is 1.52. The van der Waals surface area contributed by atoms with E-state index in [0.29, 0.717) is 43.6 Å². The lowest BCUT2D eigenvalue weighted by molar-refractivity contribution is 0.166. The molecule has 0 radical (unpaired) electrons. The summed E-state index contributed by atoms with van der Waals surface area (Å²) in [5, 5.41) is 6.39. The second kappa shape index (κ2) is 10.9. The topological polar surface area (TPSA) is 54.9 Å². The third kappa shape index (κ3) is 6.16. The molecule has 1 fully saturated rings. The highest BCUT2D eigenvalue weighted by atomic mass is 19.2. The summed E-state index contributed by atoms with van der Waals surface area (Å²) in [6, 6.07) is 10.3. The van der Waals surface area contributed by atoms with Crippen molar-refractivity contribution >= 4 is 5.96 Å². The van der Waals surface area contributed by atoms with E-state index < -0.39 is 11.6 Å². The van der Waals surface area contributed by atoms with Gasteiger partial charge in [0.2, 0.25) is 0 Å². The molecule has 1 atom stereocenters. The highest BCUT2D eigenvalue weighted by molar-refractivity contribution is 5.79. The molecule has 2 aromatic rings. The zero-order valence-corrected chi connectivity index (χ0v) is 17.5. The molecule has 30 heavy (non-hydrogen) atoms. The first-order chi connectivity index (χ1) is 14.6. The normalized spacial score (nSPS) is 16.5. The molecule has 0 bridgehead atoms. The average molecular weight is 418 g/mol. The van der Waals surface area contributed by atoms with Crippen LogP contribution in [0.5, 0.6) is 5.75 Å². The minimum absolute atomic E-state index is 0.336. The van der Waals surface area contributed by atoms with Gasteiger partial charge in [0.25, 0.3) is 0 Å². The molecule has 5 nitrogen and oxygen atoms in total. The van der Waals surface area contributed by atoms with Crippen LogP contribution < -0.4 is 15.4 Å². The molecule has 1 aliphatic heterocycles. The van der Waals surface area contributed by atoms with Crippen molar-refractivity contribution in [3.63, 3.8) is 0 Å². The van der Waals surface area contributed by atoms with Crippen molar-refractivity contribution in [1.29, 1.82) is 0 Å². The van der Waals surface area contributed by atoms with Gasteiger partial charge in [-0.05, 0) is 43.0 Å². The summed E-state index contributed by atoms with van der Waals surface area (Å²) in [5.74, 6) is 0.251. The van der Waals surface area contributed by atoms with Crippen molar-refractivity contribution in [2.24, 2.45) is 10.9 Å². The van der Waals surface area contributed by atoms with E-state index in [2.05, 4.69) is 15.6 Å². The zero-order chi connectivity index (χ0) is 21.3. The van der Waals surface area contributed by atoms with Crippen LogP contribution in [0.3, 0.4) is 0 Å². The average Bonchev–Trinajstić information content (AvgIpc) is 3.26. The van der Waals surface area contributed by atoms with Crippen LogP contribution in [-0.4, -0.2) is 39.4 Å². The van der Waals surface area contributed by atoms with Gasteiger partial charge in [-0.25, -0.2) is 8.78 Å². The molecule has 0 spiro atoms. The lowest BCUT2D eigenvalue weighted by Gasteiger charge is -2.17. The fourth-order valence-corrected chi connectivity index (χ4v) is 3.32. The predicted molar refractivity (Wildman–Crippen MR) is 114 cm³/mol. The number of nitrogens with one attached hydrogen (secondary N) is 2. The van der Waals surface area contributed by atoms with Crippen LogP contribution in [0.4, 0.5) is 8.78 Å². The Labute approximate surface area is 176 Å². The quantitative estimate of drug-likeness (QED) is 0.509. The highest BCUT2D eigenvalue weighted by Crippen LogP contribution is 2.22. The fourth-order valence-electron chi connectivity index (χ4n) is 3.32. The summed E-state index contributed by atoms with van der Waals surface area (Å²) in [6.45, 7) is 5.20. The summed E-state index contributed by atoms with van der Waals surface area (Å²) >= 11 is 0. The van der Waals surface area contributed by atoms with Crippen molar-refractivity contribution in [2.45, 2.75) is 26.3 Å². The number of aryl methyl sites for hydroxylation is 1. The van der Waals surface area contributed by atoms with Crippen LogP contribution in [0.1, 0.15) is 23.1 Å². The second-order valence-electron chi connectivity index (χ2n) is 7.47. The molecule has 7 heteroatoms. The smallest absolute Gasteiger partial charge is 0.191 e. The molecule has 2 N–H and O–H groups in total. The third-order valence-electron chi connectivity index (χ3n) is 5.11. The summed E-state index contributed by atoms with van der Waals surface area (Å²) in [4.78, 5) is 4.20. The number of halogens is 2. The Morgan fingerprint density at radius 2 is 2.07 bits per heavy atom. The maximum absolute atomic E-state index is 13.8. The molecule has 0 amide bonds. The number of hydrogen-bond acceptors (Lipinski definition) is 3. The van der Waals surface area contributed by atoms with E-state index >= 15 is 0 Å². The minimum Gasteiger partial charge on any atom is -0.493 e. The van der Waals surface area contributed by atoms with Crippen molar-refractivity contribution in [3.05, 3.63) is 64.7 Å². The van der Waals surface area contributed by atoms with Crippen LogP contribution in [0.2, 0.25) is 0 Å². The standard InChI is InChI=1S/C23H29F2N3O2/c1-16-6-7-19(21(12-16)30-15-17-9-11-29-14-17)13-28-23(26-2)27-10-8-18-4-3-5-20(24)22(18)25/h3-7,12,17H,8-11,13-15H2,1-2H3,(H2,26,27,28). The van der Waals surface area contributed by atoms with Gasteiger partial charge in [0, 0.05) is 38.2 Å². The van der Waals surface area contributed by atoms with Crippen LogP contribution in [0, 0.1) is 24.5 Å². The summed E-state index contributed by atoms with van der Waals surface area (Å²) in [6.07, 6.45) is 1.38. The summed E-state index contributed by atoms with van der Waals surface area (Å²) in [7, 11) is 1.67. The molecule has 0 saturated carbocycles. The molecule has 1 heterocycles. The third-order valence-corrected chi connectivity index (χ3v) is 5.11. The molecule has 1 saturated heterocycles. The van der Waals surface area contributed by atoms with Gasteiger partial charge < -0.3 is 20.1 Å². The SMILES string of the molecule is CN=C(NCCc1cccc(F)c1F)NCc1ccc(C)cc1OCC1CCOC1. The maximum Gasteiger partial charge on any atom is 0.191 e. The number of guanidine groups is 1. The number of aliphatic imine (C=N–C) groups is 1. The molecular formula is C23H29F2N3O2. The molecule has 162 valence electrons. The number of ether oxygens (including phenoxy) is 2. The first-order valence-electron chi connectivity index (χ1n) is 10.2. The first-order valence-corrected chi connectivity index (χ1v) is 10.2. The van der Waals surface area contributed by atoms with Crippen LogP contribution >= 0.6 is 0 Å². The highest BCUT2D eigenvalue weighted by Gasteiger charge is 2.17. The molecule has 1 aliphatic rings. The monoisotopic (exact) mass is 417 g/mol. The van der Waals surface area contributed by atoms with Crippen LogP contribution in [0.15, 0.2) is 41.4 Å². The molecular weight excluding hydrogens is 388 g/mol. The predicted octanol–water partition coefficient (Wildman–Crippen LogP) is 3.60. The lowest BCUT2D eigenvalue weighted by atomic mass is 10.1. The molecule has 1 unspecified atom stereocenters. The maximum atomic E-state index is 13.8. The van der Waals surface area contributed by atoms with Gasteiger partial charge >= 0.3 is 0 Å². The molecule has 2 aromatic carbocycles. The van der Waals surface area contributed by atoms with Gasteiger partial charge in [-0.1, -0.05) is 24.3 Å². The van der Waals surface area contributed by atoms with Crippen LogP contribution in [0.25, 0.3) is 0 Å². The van der Waals surface area contributed by atoms with E-state index in [1.807, 2.05) is 25.1 Å².